The van der Waals surface area contributed by atoms with Gasteiger partial charge >= 0.3 is 0 Å². The summed E-state index contributed by atoms with van der Waals surface area (Å²) in [6.45, 7) is 3.17. The third-order valence-electron chi connectivity index (χ3n) is 3.07. The Hall–Kier alpha value is -1.35. The van der Waals surface area contributed by atoms with Crippen LogP contribution in [0.4, 0.5) is 0 Å². The molecule has 1 aliphatic heterocycles. The maximum absolute atomic E-state index is 4.58. The van der Waals surface area contributed by atoms with Gasteiger partial charge in [-0.2, -0.15) is 0 Å². The molecule has 3 heteroatoms. The van der Waals surface area contributed by atoms with Gasteiger partial charge in [0, 0.05) is 24.0 Å². The molecule has 3 heterocycles. The topological polar surface area (TPSA) is 29.3 Å². The van der Waals surface area contributed by atoms with Crippen molar-refractivity contribution in [2.75, 3.05) is 6.54 Å². The van der Waals surface area contributed by atoms with Gasteiger partial charge in [-0.15, -0.1) is 0 Å². The van der Waals surface area contributed by atoms with E-state index in [1.807, 2.05) is 6.92 Å². The van der Waals surface area contributed by atoms with E-state index in [4.69, 9.17) is 0 Å². The van der Waals surface area contributed by atoms with Gasteiger partial charge in [0.15, 0.2) is 0 Å². The van der Waals surface area contributed by atoms with E-state index in [1.165, 1.54) is 18.4 Å². The summed E-state index contributed by atoms with van der Waals surface area (Å²) >= 11 is 0. The van der Waals surface area contributed by atoms with Crippen LogP contribution in [-0.2, 0) is 0 Å². The van der Waals surface area contributed by atoms with Crippen LogP contribution in [0.3, 0.4) is 0 Å². The van der Waals surface area contributed by atoms with Crippen molar-refractivity contribution in [2.45, 2.75) is 25.8 Å². The minimum absolute atomic E-state index is 0.496. The normalized spacial score (nSPS) is 21.3. The van der Waals surface area contributed by atoms with Crippen LogP contribution in [-0.4, -0.2) is 15.9 Å². The lowest BCUT2D eigenvalue weighted by molar-refractivity contribution is 0.648. The molecular weight excluding hydrogens is 186 g/mol. The molecule has 1 atom stereocenters. The summed E-state index contributed by atoms with van der Waals surface area (Å²) < 4.78 is 2.12. The van der Waals surface area contributed by atoms with Gasteiger partial charge in [0.25, 0.3) is 0 Å². The molecule has 1 N–H and O–H groups in total. The van der Waals surface area contributed by atoms with E-state index in [1.54, 1.807) is 0 Å². The molecule has 1 saturated heterocycles. The Kier molecular flexibility index (Phi) is 1.99. The zero-order chi connectivity index (χ0) is 10.3. The summed E-state index contributed by atoms with van der Waals surface area (Å²) in [5.74, 6) is 0. The van der Waals surface area contributed by atoms with Crippen LogP contribution in [0.5, 0.6) is 0 Å². The molecule has 3 rings (SSSR count). The van der Waals surface area contributed by atoms with Crippen LogP contribution >= 0.6 is 0 Å². The second kappa shape index (κ2) is 3.35. The number of rotatable bonds is 1. The lowest BCUT2D eigenvalue weighted by Crippen LogP contribution is -2.13. The Morgan fingerprint density at radius 3 is 3.27 bits per heavy atom. The highest BCUT2D eigenvalue weighted by Crippen LogP contribution is 2.25. The zero-order valence-corrected chi connectivity index (χ0v) is 8.90. The van der Waals surface area contributed by atoms with Gasteiger partial charge < -0.3 is 9.72 Å². The summed E-state index contributed by atoms with van der Waals surface area (Å²) in [5.41, 5.74) is 3.53. The van der Waals surface area contributed by atoms with Gasteiger partial charge in [0.05, 0.1) is 5.69 Å². The number of nitrogens with one attached hydrogen (secondary N) is 1. The largest absolute Gasteiger partial charge is 0.310 e. The molecule has 2 aromatic rings. The van der Waals surface area contributed by atoms with Crippen molar-refractivity contribution >= 4 is 5.65 Å². The maximum atomic E-state index is 4.58. The first kappa shape index (κ1) is 8.92. The van der Waals surface area contributed by atoms with Crippen LogP contribution in [0.1, 0.15) is 30.1 Å². The van der Waals surface area contributed by atoms with Gasteiger partial charge in [-0.3, -0.25) is 0 Å². The quantitative estimate of drug-likeness (QED) is 0.765. The first-order chi connectivity index (χ1) is 7.34. The van der Waals surface area contributed by atoms with E-state index in [9.17, 15) is 0 Å². The number of aryl methyl sites for hydroxylation is 1. The van der Waals surface area contributed by atoms with Crippen molar-refractivity contribution in [1.29, 1.82) is 0 Å². The Bertz CT molecular complexity index is 481. The van der Waals surface area contributed by atoms with Crippen LogP contribution in [0.25, 0.3) is 5.65 Å². The summed E-state index contributed by atoms with van der Waals surface area (Å²) in [6.07, 6.45) is 6.64. The minimum Gasteiger partial charge on any atom is -0.310 e. The average molecular weight is 201 g/mol. The molecule has 15 heavy (non-hydrogen) atoms. The van der Waals surface area contributed by atoms with E-state index in [2.05, 4.69) is 39.2 Å². The second-order valence-corrected chi connectivity index (χ2v) is 4.23. The molecule has 1 unspecified atom stereocenters. The predicted octanol–water partition coefficient (Wildman–Crippen LogP) is 2.07. The number of hydrogen-bond donors (Lipinski definition) is 1. The zero-order valence-electron chi connectivity index (χ0n) is 8.90. The molecular formula is C12H15N3. The molecule has 0 amide bonds. The number of hydrogen-bond acceptors (Lipinski definition) is 2. The molecule has 0 bridgehead atoms. The van der Waals surface area contributed by atoms with Crippen molar-refractivity contribution in [3.63, 3.8) is 0 Å². The molecule has 0 radical (unpaired) electrons. The molecule has 0 aliphatic carbocycles. The summed E-state index contributed by atoms with van der Waals surface area (Å²) in [6, 6.07) is 4.78. The number of imidazole rings is 1. The van der Waals surface area contributed by atoms with E-state index >= 15 is 0 Å². The third kappa shape index (κ3) is 1.43. The van der Waals surface area contributed by atoms with Crippen LogP contribution in [0.15, 0.2) is 24.5 Å². The van der Waals surface area contributed by atoms with Gasteiger partial charge in [-0.1, -0.05) is 6.07 Å². The number of pyridine rings is 1. The van der Waals surface area contributed by atoms with Gasteiger partial charge in [0.2, 0.25) is 0 Å². The summed E-state index contributed by atoms with van der Waals surface area (Å²) in [4.78, 5) is 4.58. The van der Waals surface area contributed by atoms with Crippen LogP contribution in [0, 0.1) is 6.92 Å². The molecule has 2 aromatic heterocycles. The number of nitrogens with zero attached hydrogens (tertiary/aromatic N) is 2. The molecule has 1 aliphatic rings. The van der Waals surface area contributed by atoms with Gasteiger partial charge in [0.1, 0.15) is 5.65 Å². The van der Waals surface area contributed by atoms with E-state index in [0.717, 1.165) is 17.9 Å². The fourth-order valence-corrected chi connectivity index (χ4v) is 2.38. The predicted molar refractivity (Wildman–Crippen MR) is 59.9 cm³/mol. The summed E-state index contributed by atoms with van der Waals surface area (Å²) in [7, 11) is 0. The second-order valence-electron chi connectivity index (χ2n) is 4.23. The fraction of sp³-hybridized carbons (Fsp3) is 0.417. The Morgan fingerprint density at radius 2 is 2.47 bits per heavy atom. The smallest absolute Gasteiger partial charge is 0.141 e. The standard InChI is InChI=1S/C12H15N3/c1-9-8-15-7-3-4-10(12(15)14-9)11-5-2-6-13-11/h3-4,7-8,11,13H,2,5-6H2,1H3. The van der Waals surface area contributed by atoms with Gasteiger partial charge in [-0.05, 0) is 32.4 Å². The average Bonchev–Trinajstić information content (AvgIpc) is 2.82. The van der Waals surface area contributed by atoms with Crippen molar-refractivity contribution in [3.05, 3.63) is 35.8 Å². The van der Waals surface area contributed by atoms with E-state index in [-0.39, 0.29) is 0 Å². The lowest BCUT2D eigenvalue weighted by atomic mass is 10.1. The van der Waals surface area contributed by atoms with E-state index < -0.39 is 0 Å². The van der Waals surface area contributed by atoms with Crippen LogP contribution < -0.4 is 5.32 Å². The Labute approximate surface area is 89.1 Å². The van der Waals surface area contributed by atoms with Crippen molar-refractivity contribution in [2.24, 2.45) is 0 Å². The highest BCUT2D eigenvalue weighted by Gasteiger charge is 2.19. The molecule has 78 valence electrons. The molecule has 0 saturated carbocycles. The van der Waals surface area contributed by atoms with Crippen molar-refractivity contribution < 1.29 is 0 Å². The Balaban J connectivity index is 2.16. The number of aromatic nitrogens is 2. The van der Waals surface area contributed by atoms with Crippen LogP contribution in [0.2, 0.25) is 0 Å². The van der Waals surface area contributed by atoms with Gasteiger partial charge in [-0.25, -0.2) is 4.98 Å². The van der Waals surface area contributed by atoms with Crippen molar-refractivity contribution in [1.82, 2.24) is 14.7 Å². The highest BCUT2D eigenvalue weighted by atomic mass is 15.0. The summed E-state index contributed by atoms with van der Waals surface area (Å²) in [5, 5.41) is 3.52. The van der Waals surface area contributed by atoms with Crippen molar-refractivity contribution in [3.8, 4) is 0 Å². The lowest BCUT2D eigenvalue weighted by Gasteiger charge is -2.11. The monoisotopic (exact) mass is 201 g/mol. The Morgan fingerprint density at radius 1 is 1.53 bits per heavy atom. The minimum atomic E-state index is 0.496. The van der Waals surface area contributed by atoms with E-state index in [0.29, 0.717) is 6.04 Å². The highest BCUT2D eigenvalue weighted by molar-refractivity contribution is 5.50. The molecule has 0 aromatic carbocycles. The maximum Gasteiger partial charge on any atom is 0.141 e. The third-order valence-corrected chi connectivity index (χ3v) is 3.07. The first-order valence-electron chi connectivity index (χ1n) is 5.52. The molecule has 0 spiro atoms. The fourth-order valence-electron chi connectivity index (χ4n) is 2.38. The number of fused-ring (bicyclic) bond motifs is 1. The SMILES string of the molecule is Cc1cn2cccc(C3CCCN3)c2n1. The first-order valence-corrected chi connectivity index (χ1v) is 5.52. The molecule has 3 nitrogen and oxygen atoms in total. The molecule has 1 fully saturated rings.